The van der Waals surface area contributed by atoms with E-state index >= 15 is 0 Å². The van der Waals surface area contributed by atoms with Gasteiger partial charge in [-0.2, -0.15) is 5.10 Å². The van der Waals surface area contributed by atoms with Crippen LogP contribution >= 0.6 is 0 Å². The number of likely N-dealkylation sites (N-methyl/N-ethyl adjacent to an activating group) is 1. The van der Waals surface area contributed by atoms with Gasteiger partial charge in [-0.15, -0.1) is 0 Å². The molecular formula is C15H29N5O. The van der Waals surface area contributed by atoms with Crippen molar-refractivity contribution in [2.24, 2.45) is 12.8 Å². The number of rotatable bonds is 5. The lowest BCUT2D eigenvalue weighted by atomic mass is 10.0. The third kappa shape index (κ3) is 3.07. The molecule has 1 fully saturated rings. The third-order valence-electron chi connectivity index (χ3n) is 4.61. The third-order valence-corrected chi connectivity index (χ3v) is 4.61. The maximum Gasteiger partial charge on any atom is 0.216 e. The van der Waals surface area contributed by atoms with E-state index in [4.69, 9.17) is 10.5 Å². The minimum absolute atomic E-state index is 0.176. The molecule has 2 heterocycles. The SMILES string of the molecule is CCN1CCN(C(CN)c2c(C)nn(C)c2OC)CC1C. The molecule has 1 aliphatic heterocycles. The molecule has 0 bridgehead atoms. The molecule has 0 aliphatic carbocycles. The van der Waals surface area contributed by atoms with Gasteiger partial charge in [0, 0.05) is 39.3 Å². The molecule has 0 radical (unpaired) electrons. The van der Waals surface area contributed by atoms with Gasteiger partial charge in [0.1, 0.15) is 0 Å². The van der Waals surface area contributed by atoms with Crippen LogP contribution in [0.5, 0.6) is 5.88 Å². The van der Waals surface area contributed by atoms with Crippen LogP contribution in [0.3, 0.4) is 0 Å². The molecule has 0 spiro atoms. The van der Waals surface area contributed by atoms with E-state index in [-0.39, 0.29) is 6.04 Å². The van der Waals surface area contributed by atoms with Crippen molar-refractivity contribution < 1.29 is 4.74 Å². The average molecular weight is 295 g/mol. The summed E-state index contributed by atoms with van der Waals surface area (Å²) >= 11 is 0. The van der Waals surface area contributed by atoms with Crippen LogP contribution < -0.4 is 10.5 Å². The van der Waals surface area contributed by atoms with Crippen molar-refractivity contribution in [3.63, 3.8) is 0 Å². The lowest BCUT2D eigenvalue weighted by Gasteiger charge is -2.42. The van der Waals surface area contributed by atoms with E-state index in [1.165, 1.54) is 0 Å². The monoisotopic (exact) mass is 295 g/mol. The summed E-state index contributed by atoms with van der Waals surface area (Å²) in [7, 11) is 3.62. The van der Waals surface area contributed by atoms with Crippen LogP contribution in [0.15, 0.2) is 0 Å². The van der Waals surface area contributed by atoms with Crippen molar-refractivity contribution in [3.8, 4) is 5.88 Å². The van der Waals surface area contributed by atoms with Crippen molar-refractivity contribution in [3.05, 3.63) is 11.3 Å². The highest BCUT2D eigenvalue weighted by Crippen LogP contribution is 2.32. The van der Waals surface area contributed by atoms with Gasteiger partial charge >= 0.3 is 0 Å². The van der Waals surface area contributed by atoms with Gasteiger partial charge in [-0.25, -0.2) is 4.68 Å². The highest BCUT2D eigenvalue weighted by Gasteiger charge is 2.32. The van der Waals surface area contributed by atoms with Gasteiger partial charge in [0.2, 0.25) is 5.88 Å². The van der Waals surface area contributed by atoms with Gasteiger partial charge in [-0.1, -0.05) is 6.92 Å². The van der Waals surface area contributed by atoms with Crippen molar-refractivity contribution >= 4 is 0 Å². The Balaban J connectivity index is 2.25. The molecule has 0 amide bonds. The zero-order chi connectivity index (χ0) is 15.6. The highest BCUT2D eigenvalue weighted by molar-refractivity contribution is 5.34. The number of ether oxygens (including phenoxy) is 1. The zero-order valence-electron chi connectivity index (χ0n) is 14.0. The molecule has 2 unspecified atom stereocenters. The van der Waals surface area contributed by atoms with Crippen molar-refractivity contribution in [1.82, 2.24) is 19.6 Å². The number of nitrogens with two attached hydrogens (primary N) is 1. The first-order chi connectivity index (χ1) is 10.0. The topological polar surface area (TPSA) is 59.5 Å². The van der Waals surface area contributed by atoms with Crippen molar-refractivity contribution in [2.75, 3.05) is 39.8 Å². The highest BCUT2D eigenvalue weighted by atomic mass is 16.5. The summed E-state index contributed by atoms with van der Waals surface area (Å²) in [6, 6.07) is 0.732. The Kier molecular flexibility index (Phi) is 5.24. The zero-order valence-corrected chi connectivity index (χ0v) is 14.0. The van der Waals surface area contributed by atoms with Crippen LogP contribution in [0.4, 0.5) is 0 Å². The second-order valence-corrected chi connectivity index (χ2v) is 5.86. The fraction of sp³-hybridized carbons (Fsp3) is 0.800. The minimum atomic E-state index is 0.176. The number of hydrogen-bond acceptors (Lipinski definition) is 5. The normalized spacial score (nSPS) is 22.5. The van der Waals surface area contributed by atoms with Crippen LogP contribution in [-0.2, 0) is 7.05 Å². The van der Waals surface area contributed by atoms with Crippen LogP contribution in [-0.4, -0.2) is 65.5 Å². The van der Waals surface area contributed by atoms with E-state index in [9.17, 15) is 0 Å². The van der Waals surface area contributed by atoms with Gasteiger partial charge in [0.15, 0.2) is 0 Å². The van der Waals surface area contributed by atoms with Crippen molar-refractivity contribution in [1.29, 1.82) is 0 Å². The van der Waals surface area contributed by atoms with E-state index in [0.29, 0.717) is 12.6 Å². The average Bonchev–Trinajstić information content (AvgIpc) is 2.74. The number of hydrogen-bond donors (Lipinski definition) is 1. The van der Waals surface area contributed by atoms with Crippen LogP contribution in [0.25, 0.3) is 0 Å². The summed E-state index contributed by atoms with van der Waals surface area (Å²) in [5.74, 6) is 0.827. The molecule has 1 aliphatic rings. The molecule has 1 aromatic rings. The maximum atomic E-state index is 6.10. The largest absolute Gasteiger partial charge is 0.481 e. The second kappa shape index (κ2) is 6.77. The molecule has 2 atom stereocenters. The van der Waals surface area contributed by atoms with E-state index in [2.05, 4.69) is 28.7 Å². The first-order valence-electron chi connectivity index (χ1n) is 7.79. The molecule has 0 saturated carbocycles. The number of aryl methyl sites for hydroxylation is 2. The summed E-state index contributed by atoms with van der Waals surface area (Å²) in [5, 5.41) is 4.49. The van der Waals surface area contributed by atoms with Crippen molar-refractivity contribution in [2.45, 2.75) is 32.9 Å². The Bertz CT molecular complexity index is 473. The molecule has 120 valence electrons. The second-order valence-electron chi connectivity index (χ2n) is 5.86. The summed E-state index contributed by atoms with van der Waals surface area (Å²) in [5.41, 5.74) is 8.25. The predicted molar refractivity (Wildman–Crippen MR) is 84.6 cm³/mol. The van der Waals surface area contributed by atoms with E-state index in [0.717, 1.165) is 43.3 Å². The Hall–Kier alpha value is -1.11. The Morgan fingerprint density at radius 2 is 2.14 bits per heavy atom. The van der Waals surface area contributed by atoms with E-state index in [1.54, 1.807) is 11.8 Å². The smallest absolute Gasteiger partial charge is 0.216 e. The fourth-order valence-electron chi connectivity index (χ4n) is 3.50. The summed E-state index contributed by atoms with van der Waals surface area (Å²) in [6.45, 7) is 11.4. The molecule has 2 rings (SSSR count). The number of methoxy groups -OCH3 is 1. The fourth-order valence-corrected chi connectivity index (χ4v) is 3.50. The number of nitrogens with zero attached hydrogens (tertiary/aromatic N) is 4. The molecule has 6 nitrogen and oxygen atoms in total. The summed E-state index contributed by atoms with van der Waals surface area (Å²) in [6.07, 6.45) is 0. The van der Waals surface area contributed by atoms with Crippen LogP contribution in [0, 0.1) is 6.92 Å². The quantitative estimate of drug-likeness (QED) is 0.869. The number of piperazine rings is 1. The lowest BCUT2D eigenvalue weighted by molar-refractivity contribution is 0.0596. The lowest BCUT2D eigenvalue weighted by Crippen LogP contribution is -2.53. The number of aromatic nitrogens is 2. The van der Waals surface area contributed by atoms with Gasteiger partial charge in [-0.3, -0.25) is 9.80 Å². The maximum absolute atomic E-state index is 6.10. The summed E-state index contributed by atoms with van der Waals surface area (Å²) < 4.78 is 7.35. The Labute approximate surface area is 127 Å². The first-order valence-corrected chi connectivity index (χ1v) is 7.79. The van der Waals surface area contributed by atoms with E-state index < -0.39 is 0 Å². The van der Waals surface area contributed by atoms with Gasteiger partial charge in [0.05, 0.1) is 24.4 Å². The predicted octanol–water partition coefficient (Wildman–Crippen LogP) is 0.763. The van der Waals surface area contributed by atoms with Gasteiger partial charge in [0.25, 0.3) is 0 Å². The summed E-state index contributed by atoms with van der Waals surface area (Å²) in [4.78, 5) is 4.99. The molecule has 1 saturated heterocycles. The standard InChI is InChI=1S/C15H29N5O/c1-6-19-7-8-20(10-11(19)2)13(9-16)14-12(3)17-18(4)15(14)21-5/h11,13H,6-10,16H2,1-5H3. The van der Waals surface area contributed by atoms with Crippen LogP contribution in [0.1, 0.15) is 31.1 Å². The molecule has 6 heteroatoms. The molecule has 1 aromatic heterocycles. The Morgan fingerprint density at radius 1 is 1.43 bits per heavy atom. The molecule has 21 heavy (non-hydrogen) atoms. The first kappa shape index (κ1) is 16.3. The molecule has 0 aromatic carbocycles. The Morgan fingerprint density at radius 3 is 2.67 bits per heavy atom. The van der Waals surface area contributed by atoms with Gasteiger partial charge in [-0.05, 0) is 20.4 Å². The van der Waals surface area contributed by atoms with Gasteiger partial charge < -0.3 is 10.5 Å². The minimum Gasteiger partial charge on any atom is -0.481 e. The van der Waals surface area contributed by atoms with E-state index in [1.807, 2.05) is 14.0 Å². The molecular weight excluding hydrogens is 266 g/mol. The molecule has 2 N–H and O–H groups in total. The van der Waals surface area contributed by atoms with Crippen LogP contribution in [0.2, 0.25) is 0 Å².